The van der Waals surface area contributed by atoms with Crippen molar-refractivity contribution >= 4 is 22.0 Å². The second-order valence-electron chi connectivity index (χ2n) is 7.28. The monoisotopic (exact) mass is 409 g/mol. The number of carbonyl (C=O) groups excluding carboxylic acids is 1. The van der Waals surface area contributed by atoms with E-state index in [1.54, 1.807) is 24.3 Å². The van der Waals surface area contributed by atoms with E-state index in [1.807, 2.05) is 37.3 Å². The number of aryl methyl sites for hydroxylation is 1. The number of hydrogen-bond acceptors (Lipinski definition) is 3. The average molecular weight is 409 g/mol. The Bertz CT molecular complexity index is 1160. The van der Waals surface area contributed by atoms with Crippen LogP contribution in [0.1, 0.15) is 33.0 Å². The number of rotatable bonds is 5. The first-order valence-electron chi connectivity index (χ1n) is 9.32. The minimum atomic E-state index is -3.89. The van der Waals surface area contributed by atoms with Gasteiger partial charge in [0.15, 0.2) is 6.29 Å². The number of fused-ring (bicyclic) bond motifs is 1. The predicted octanol–water partition coefficient (Wildman–Crippen LogP) is 4.48. The van der Waals surface area contributed by atoms with Crippen LogP contribution in [0, 0.1) is 12.7 Å². The molecule has 0 aliphatic carbocycles. The van der Waals surface area contributed by atoms with Gasteiger partial charge in [0.05, 0.1) is 10.6 Å². The molecule has 0 saturated heterocycles. The SMILES string of the molecule is Cc1ccc(S(=O)(=O)N2C[C@H](Cc3ccccc3)c3c(C=O)cc(F)cc32)cc1. The normalized spacial score (nSPS) is 15.9. The number of sulfonamides is 1. The molecule has 0 aromatic heterocycles. The van der Waals surface area contributed by atoms with Gasteiger partial charge in [0.2, 0.25) is 0 Å². The van der Waals surface area contributed by atoms with Crippen molar-refractivity contribution in [2.75, 3.05) is 10.8 Å². The summed E-state index contributed by atoms with van der Waals surface area (Å²) in [6, 6.07) is 18.6. The third-order valence-corrected chi connectivity index (χ3v) is 7.07. The molecule has 0 bridgehead atoms. The van der Waals surface area contributed by atoms with E-state index in [1.165, 1.54) is 16.4 Å². The van der Waals surface area contributed by atoms with Crippen LogP contribution in [-0.4, -0.2) is 21.2 Å². The van der Waals surface area contributed by atoms with Gasteiger partial charge >= 0.3 is 0 Å². The van der Waals surface area contributed by atoms with Gasteiger partial charge in [-0.1, -0.05) is 48.0 Å². The average Bonchev–Trinajstić information content (AvgIpc) is 3.07. The van der Waals surface area contributed by atoms with Crippen molar-refractivity contribution in [3.05, 3.63) is 94.8 Å². The fourth-order valence-electron chi connectivity index (χ4n) is 3.89. The molecule has 148 valence electrons. The maximum absolute atomic E-state index is 14.2. The van der Waals surface area contributed by atoms with Gasteiger partial charge in [0.25, 0.3) is 10.0 Å². The molecule has 29 heavy (non-hydrogen) atoms. The van der Waals surface area contributed by atoms with E-state index >= 15 is 0 Å². The van der Waals surface area contributed by atoms with Crippen LogP contribution < -0.4 is 4.31 Å². The minimum absolute atomic E-state index is 0.145. The van der Waals surface area contributed by atoms with Gasteiger partial charge in [-0.05, 0) is 48.7 Å². The van der Waals surface area contributed by atoms with E-state index in [0.717, 1.165) is 11.1 Å². The number of benzene rings is 3. The van der Waals surface area contributed by atoms with Gasteiger partial charge in [-0.15, -0.1) is 0 Å². The first kappa shape index (κ1) is 19.3. The Hall–Kier alpha value is -2.99. The molecule has 0 fully saturated rings. The summed E-state index contributed by atoms with van der Waals surface area (Å²) >= 11 is 0. The molecule has 0 N–H and O–H groups in total. The summed E-state index contributed by atoms with van der Waals surface area (Å²) in [7, 11) is -3.89. The van der Waals surface area contributed by atoms with Gasteiger partial charge in [-0.3, -0.25) is 9.10 Å². The molecule has 1 heterocycles. The van der Waals surface area contributed by atoms with Crippen molar-refractivity contribution in [3.63, 3.8) is 0 Å². The van der Waals surface area contributed by atoms with E-state index in [0.29, 0.717) is 18.3 Å². The minimum Gasteiger partial charge on any atom is -0.298 e. The van der Waals surface area contributed by atoms with Crippen LogP contribution in [0.4, 0.5) is 10.1 Å². The van der Waals surface area contributed by atoms with Crippen LogP contribution in [-0.2, 0) is 16.4 Å². The third-order valence-electron chi connectivity index (χ3n) is 5.28. The lowest BCUT2D eigenvalue weighted by molar-refractivity contribution is 0.112. The molecule has 6 heteroatoms. The summed E-state index contributed by atoms with van der Waals surface area (Å²) in [6.45, 7) is 2.04. The van der Waals surface area contributed by atoms with Crippen LogP contribution >= 0.6 is 0 Å². The Balaban J connectivity index is 1.82. The van der Waals surface area contributed by atoms with Crippen molar-refractivity contribution < 1.29 is 17.6 Å². The molecule has 0 saturated carbocycles. The van der Waals surface area contributed by atoms with Crippen LogP contribution in [0.2, 0.25) is 0 Å². The van der Waals surface area contributed by atoms with Crippen LogP contribution in [0.15, 0.2) is 71.6 Å². The van der Waals surface area contributed by atoms with E-state index in [9.17, 15) is 17.6 Å². The molecular formula is C23H20FNO3S. The molecule has 1 aliphatic heterocycles. The van der Waals surface area contributed by atoms with Gasteiger partial charge in [0.1, 0.15) is 5.82 Å². The smallest absolute Gasteiger partial charge is 0.264 e. The zero-order valence-corrected chi connectivity index (χ0v) is 16.7. The Labute approximate surface area is 169 Å². The maximum atomic E-state index is 14.2. The highest BCUT2D eigenvalue weighted by molar-refractivity contribution is 7.92. The maximum Gasteiger partial charge on any atom is 0.264 e. The summed E-state index contributed by atoms with van der Waals surface area (Å²) in [6.07, 6.45) is 1.15. The van der Waals surface area contributed by atoms with Crippen molar-refractivity contribution in [2.45, 2.75) is 24.2 Å². The number of halogens is 1. The van der Waals surface area contributed by atoms with Crippen molar-refractivity contribution in [1.82, 2.24) is 0 Å². The standard InChI is InChI=1S/C23H20FNO3S/c1-16-7-9-21(10-8-16)29(27,28)25-14-18(11-17-5-3-2-4-6-17)23-19(15-26)12-20(24)13-22(23)25/h2-10,12-13,15,18H,11,14H2,1H3/t18-/m0/s1. The van der Waals surface area contributed by atoms with Gasteiger partial charge < -0.3 is 0 Å². The van der Waals surface area contributed by atoms with Crippen molar-refractivity contribution in [1.29, 1.82) is 0 Å². The Kier molecular flexibility index (Phi) is 4.96. The summed E-state index contributed by atoms with van der Waals surface area (Å²) in [5.41, 5.74) is 3.00. The fraction of sp³-hybridized carbons (Fsp3) is 0.174. The topological polar surface area (TPSA) is 54.5 Å². The number of aldehydes is 1. The van der Waals surface area contributed by atoms with Crippen LogP contribution in [0.3, 0.4) is 0 Å². The molecule has 3 aromatic rings. The number of hydrogen-bond donors (Lipinski definition) is 0. The number of carbonyl (C=O) groups is 1. The van der Waals surface area contributed by atoms with Gasteiger partial charge in [-0.2, -0.15) is 0 Å². The molecule has 0 spiro atoms. The first-order valence-corrected chi connectivity index (χ1v) is 10.8. The molecular weight excluding hydrogens is 389 g/mol. The Morgan fingerprint density at radius 3 is 2.41 bits per heavy atom. The molecule has 4 rings (SSSR count). The van der Waals surface area contributed by atoms with Crippen LogP contribution in [0.5, 0.6) is 0 Å². The Morgan fingerprint density at radius 1 is 1.07 bits per heavy atom. The summed E-state index contributed by atoms with van der Waals surface area (Å²) in [5, 5.41) is 0. The zero-order chi connectivity index (χ0) is 20.6. The highest BCUT2D eigenvalue weighted by Gasteiger charge is 2.38. The van der Waals surface area contributed by atoms with Gasteiger partial charge in [0, 0.05) is 18.0 Å². The molecule has 1 atom stereocenters. The highest BCUT2D eigenvalue weighted by atomic mass is 32.2. The summed E-state index contributed by atoms with van der Waals surface area (Å²) < 4.78 is 42.1. The zero-order valence-electron chi connectivity index (χ0n) is 15.9. The summed E-state index contributed by atoms with van der Waals surface area (Å²) in [5.74, 6) is -0.872. The molecule has 4 nitrogen and oxygen atoms in total. The molecule has 3 aromatic carbocycles. The second-order valence-corrected chi connectivity index (χ2v) is 9.14. The predicted molar refractivity (Wildman–Crippen MR) is 110 cm³/mol. The lowest BCUT2D eigenvalue weighted by Gasteiger charge is -2.20. The van der Waals surface area contributed by atoms with E-state index < -0.39 is 15.8 Å². The largest absolute Gasteiger partial charge is 0.298 e. The lowest BCUT2D eigenvalue weighted by Crippen LogP contribution is -2.30. The molecule has 0 amide bonds. The highest BCUT2D eigenvalue weighted by Crippen LogP contribution is 2.43. The van der Waals surface area contributed by atoms with E-state index in [-0.39, 0.29) is 28.6 Å². The lowest BCUT2D eigenvalue weighted by atomic mass is 9.90. The second kappa shape index (κ2) is 7.44. The fourth-order valence-corrected chi connectivity index (χ4v) is 5.41. The third kappa shape index (κ3) is 3.56. The van der Waals surface area contributed by atoms with Crippen LogP contribution in [0.25, 0.3) is 0 Å². The number of anilines is 1. The van der Waals surface area contributed by atoms with Gasteiger partial charge in [-0.25, -0.2) is 12.8 Å². The first-order chi connectivity index (χ1) is 13.9. The quantitative estimate of drug-likeness (QED) is 0.584. The van der Waals surface area contributed by atoms with Crippen molar-refractivity contribution in [3.8, 4) is 0 Å². The van der Waals surface area contributed by atoms with E-state index in [2.05, 4.69) is 0 Å². The Morgan fingerprint density at radius 2 is 1.76 bits per heavy atom. The molecule has 0 unspecified atom stereocenters. The number of nitrogens with zero attached hydrogens (tertiary/aromatic N) is 1. The van der Waals surface area contributed by atoms with Crippen molar-refractivity contribution in [2.24, 2.45) is 0 Å². The van der Waals surface area contributed by atoms with E-state index in [4.69, 9.17) is 0 Å². The summed E-state index contributed by atoms with van der Waals surface area (Å²) in [4.78, 5) is 11.8. The molecule has 0 radical (unpaired) electrons. The molecule has 1 aliphatic rings.